The fraction of sp³-hybridized carbons (Fsp3) is 0.467. The summed E-state index contributed by atoms with van der Waals surface area (Å²) in [5, 5.41) is 4.27. The minimum Gasteiger partial charge on any atom is -0.358 e. The average molecular weight is 273 g/mol. The summed E-state index contributed by atoms with van der Waals surface area (Å²) in [6, 6.07) is 9.12. The molecule has 0 bridgehead atoms. The van der Waals surface area contributed by atoms with Gasteiger partial charge in [-0.15, -0.1) is 0 Å². The van der Waals surface area contributed by atoms with Crippen LogP contribution in [0.5, 0.6) is 0 Å². The Morgan fingerprint density at radius 3 is 3.00 bits per heavy atom. The van der Waals surface area contributed by atoms with E-state index in [4.69, 9.17) is 0 Å². The van der Waals surface area contributed by atoms with Crippen LogP contribution in [0.3, 0.4) is 0 Å². The van der Waals surface area contributed by atoms with Crippen LogP contribution in [0.25, 0.3) is 0 Å². The van der Waals surface area contributed by atoms with Gasteiger partial charge in [0.25, 0.3) is 0 Å². The van der Waals surface area contributed by atoms with Crippen molar-refractivity contribution in [1.29, 1.82) is 0 Å². The van der Waals surface area contributed by atoms with Crippen molar-refractivity contribution in [2.24, 2.45) is 0 Å². The van der Waals surface area contributed by atoms with Gasteiger partial charge < -0.3 is 5.32 Å². The predicted molar refractivity (Wildman–Crippen MR) is 79.9 cm³/mol. The third-order valence-corrected chi connectivity index (χ3v) is 4.20. The Morgan fingerprint density at radius 2 is 2.16 bits per heavy atom. The van der Waals surface area contributed by atoms with Gasteiger partial charge in [-0.25, -0.2) is 4.98 Å². The SMILES string of the molecule is CC(C)Nc1nc(C2CCCc3ccccc32)ns1. The normalized spacial score (nSPS) is 18.4. The Balaban J connectivity index is 1.89. The van der Waals surface area contributed by atoms with Crippen LogP contribution in [0.2, 0.25) is 0 Å². The van der Waals surface area contributed by atoms with Crippen LogP contribution in [-0.2, 0) is 6.42 Å². The summed E-state index contributed by atoms with van der Waals surface area (Å²) in [6.45, 7) is 4.24. The molecule has 1 heterocycles. The Bertz CT molecular complexity index is 562. The van der Waals surface area contributed by atoms with Crippen molar-refractivity contribution in [2.75, 3.05) is 5.32 Å². The van der Waals surface area contributed by atoms with Gasteiger partial charge in [-0.2, -0.15) is 4.37 Å². The van der Waals surface area contributed by atoms with Crippen LogP contribution in [0.4, 0.5) is 5.13 Å². The Kier molecular flexibility index (Phi) is 3.51. The summed E-state index contributed by atoms with van der Waals surface area (Å²) in [5.74, 6) is 1.37. The standard InChI is InChI=1S/C15H19N3S/c1-10(2)16-15-17-14(18-19-15)13-9-5-7-11-6-3-4-8-12(11)13/h3-4,6,8,10,13H,5,7,9H2,1-2H3,(H,16,17,18). The third-order valence-electron chi connectivity index (χ3n) is 3.53. The summed E-state index contributed by atoms with van der Waals surface area (Å²) in [7, 11) is 0. The van der Waals surface area contributed by atoms with Gasteiger partial charge in [-0.3, -0.25) is 0 Å². The van der Waals surface area contributed by atoms with Crippen LogP contribution >= 0.6 is 11.5 Å². The van der Waals surface area contributed by atoms with Gasteiger partial charge in [-0.1, -0.05) is 24.3 Å². The smallest absolute Gasteiger partial charge is 0.202 e. The summed E-state index contributed by atoms with van der Waals surface area (Å²) < 4.78 is 4.56. The molecule has 3 rings (SSSR count). The second-order valence-electron chi connectivity index (χ2n) is 5.40. The molecule has 1 aliphatic carbocycles. The summed E-state index contributed by atoms with van der Waals surface area (Å²) in [4.78, 5) is 4.67. The Labute approximate surface area is 118 Å². The van der Waals surface area contributed by atoms with Crippen molar-refractivity contribution in [2.45, 2.75) is 45.1 Å². The van der Waals surface area contributed by atoms with Crippen LogP contribution in [0.15, 0.2) is 24.3 Å². The second kappa shape index (κ2) is 5.29. The number of anilines is 1. The molecule has 1 aliphatic rings. The van der Waals surface area contributed by atoms with Crippen LogP contribution in [0, 0.1) is 0 Å². The largest absolute Gasteiger partial charge is 0.358 e. The molecule has 1 aromatic heterocycles. The van der Waals surface area contributed by atoms with Crippen LogP contribution < -0.4 is 5.32 Å². The lowest BCUT2D eigenvalue weighted by Gasteiger charge is -2.23. The number of hydrogen-bond acceptors (Lipinski definition) is 4. The van der Waals surface area contributed by atoms with E-state index >= 15 is 0 Å². The van der Waals surface area contributed by atoms with E-state index in [2.05, 4.69) is 52.8 Å². The highest BCUT2D eigenvalue weighted by Crippen LogP contribution is 2.36. The highest BCUT2D eigenvalue weighted by Gasteiger charge is 2.24. The number of nitrogens with one attached hydrogen (secondary N) is 1. The first kappa shape index (κ1) is 12.6. The lowest BCUT2D eigenvalue weighted by atomic mass is 9.82. The van der Waals surface area contributed by atoms with E-state index in [1.54, 1.807) is 0 Å². The number of fused-ring (bicyclic) bond motifs is 1. The molecule has 0 aliphatic heterocycles. The first-order valence-corrected chi connectivity index (χ1v) is 7.69. The molecular weight excluding hydrogens is 254 g/mol. The van der Waals surface area contributed by atoms with Crippen molar-refractivity contribution < 1.29 is 0 Å². The molecule has 1 unspecified atom stereocenters. The number of rotatable bonds is 3. The number of aryl methyl sites for hydroxylation is 1. The van der Waals surface area contributed by atoms with Gasteiger partial charge in [0.2, 0.25) is 5.13 Å². The lowest BCUT2D eigenvalue weighted by Crippen LogP contribution is -2.13. The summed E-state index contributed by atoms with van der Waals surface area (Å²) in [5.41, 5.74) is 2.88. The average Bonchev–Trinajstić information content (AvgIpc) is 2.85. The fourth-order valence-corrected chi connectivity index (χ4v) is 3.47. The zero-order valence-electron chi connectivity index (χ0n) is 11.4. The molecular formula is C15H19N3S. The van der Waals surface area contributed by atoms with Crippen molar-refractivity contribution in [3.8, 4) is 0 Å². The molecule has 1 aromatic carbocycles. The van der Waals surface area contributed by atoms with Crippen LogP contribution in [-0.4, -0.2) is 15.4 Å². The molecule has 19 heavy (non-hydrogen) atoms. The maximum Gasteiger partial charge on any atom is 0.202 e. The molecule has 3 nitrogen and oxygen atoms in total. The lowest BCUT2D eigenvalue weighted by molar-refractivity contribution is 0.596. The first-order valence-electron chi connectivity index (χ1n) is 6.92. The van der Waals surface area contributed by atoms with Gasteiger partial charge in [0.1, 0.15) is 0 Å². The molecule has 0 saturated heterocycles. The number of benzene rings is 1. The van der Waals surface area contributed by atoms with E-state index in [9.17, 15) is 0 Å². The highest BCUT2D eigenvalue weighted by molar-refractivity contribution is 7.09. The Morgan fingerprint density at radius 1 is 1.32 bits per heavy atom. The topological polar surface area (TPSA) is 37.8 Å². The number of hydrogen-bond donors (Lipinski definition) is 1. The molecule has 0 fully saturated rings. The second-order valence-corrected chi connectivity index (χ2v) is 6.15. The molecule has 100 valence electrons. The van der Waals surface area contributed by atoms with Gasteiger partial charge in [0.05, 0.1) is 0 Å². The van der Waals surface area contributed by atoms with E-state index in [1.165, 1.54) is 35.5 Å². The molecule has 1 N–H and O–H groups in total. The van der Waals surface area contributed by atoms with Crippen molar-refractivity contribution >= 4 is 16.7 Å². The molecule has 0 saturated carbocycles. The van der Waals surface area contributed by atoms with Crippen LogP contribution in [0.1, 0.15) is 49.6 Å². The van der Waals surface area contributed by atoms with E-state index in [0.29, 0.717) is 12.0 Å². The fourth-order valence-electron chi connectivity index (χ4n) is 2.70. The molecule has 4 heteroatoms. The van der Waals surface area contributed by atoms with Gasteiger partial charge in [0, 0.05) is 23.5 Å². The zero-order valence-corrected chi connectivity index (χ0v) is 12.2. The van der Waals surface area contributed by atoms with E-state index in [-0.39, 0.29) is 0 Å². The minimum atomic E-state index is 0.379. The molecule has 0 radical (unpaired) electrons. The van der Waals surface area contributed by atoms with Gasteiger partial charge >= 0.3 is 0 Å². The molecule has 0 spiro atoms. The van der Waals surface area contributed by atoms with Crippen molar-refractivity contribution in [3.05, 3.63) is 41.2 Å². The maximum absolute atomic E-state index is 4.67. The van der Waals surface area contributed by atoms with Crippen molar-refractivity contribution in [1.82, 2.24) is 9.36 Å². The zero-order chi connectivity index (χ0) is 13.2. The predicted octanol–water partition coefficient (Wildman–Crippen LogP) is 3.83. The number of nitrogens with zero attached hydrogens (tertiary/aromatic N) is 2. The van der Waals surface area contributed by atoms with E-state index in [0.717, 1.165) is 17.4 Å². The van der Waals surface area contributed by atoms with Crippen molar-refractivity contribution in [3.63, 3.8) is 0 Å². The number of aromatic nitrogens is 2. The third kappa shape index (κ3) is 2.63. The van der Waals surface area contributed by atoms with E-state index in [1.807, 2.05) is 0 Å². The summed E-state index contributed by atoms with van der Waals surface area (Å²) in [6.07, 6.45) is 3.58. The van der Waals surface area contributed by atoms with Gasteiger partial charge in [-0.05, 0) is 44.2 Å². The van der Waals surface area contributed by atoms with E-state index < -0.39 is 0 Å². The molecule has 2 aromatic rings. The summed E-state index contributed by atoms with van der Waals surface area (Å²) >= 11 is 1.47. The minimum absolute atomic E-state index is 0.379. The monoisotopic (exact) mass is 273 g/mol. The quantitative estimate of drug-likeness (QED) is 0.923. The first-order chi connectivity index (χ1) is 9.24. The highest BCUT2D eigenvalue weighted by atomic mass is 32.1. The molecule has 0 amide bonds. The Hall–Kier alpha value is -1.42. The molecule has 1 atom stereocenters. The maximum atomic E-state index is 4.67. The van der Waals surface area contributed by atoms with Gasteiger partial charge in [0.15, 0.2) is 5.82 Å².